The molecular formula is C23H19FN2O4. The minimum atomic E-state index is -0.850. The molecule has 1 aliphatic heterocycles. The van der Waals surface area contributed by atoms with E-state index in [4.69, 9.17) is 9.47 Å². The second-order valence-electron chi connectivity index (χ2n) is 6.84. The minimum Gasteiger partial charge on any atom is -0.482 e. The summed E-state index contributed by atoms with van der Waals surface area (Å²) in [6.45, 7) is -0.316. The van der Waals surface area contributed by atoms with Crippen LogP contribution in [0.2, 0.25) is 0 Å². The summed E-state index contributed by atoms with van der Waals surface area (Å²) < 4.78 is 24.9. The number of carbonyl (C=O) groups is 2. The lowest BCUT2D eigenvalue weighted by Crippen LogP contribution is -2.20. The Labute approximate surface area is 172 Å². The van der Waals surface area contributed by atoms with Crippen LogP contribution in [0.25, 0.3) is 0 Å². The number of rotatable bonds is 6. The van der Waals surface area contributed by atoms with Crippen molar-refractivity contribution in [1.29, 1.82) is 0 Å². The van der Waals surface area contributed by atoms with Crippen molar-refractivity contribution < 1.29 is 23.5 Å². The highest BCUT2D eigenvalue weighted by Crippen LogP contribution is 2.28. The van der Waals surface area contributed by atoms with Gasteiger partial charge in [0.15, 0.2) is 12.7 Å². The Morgan fingerprint density at radius 3 is 2.80 bits per heavy atom. The van der Waals surface area contributed by atoms with Crippen molar-refractivity contribution in [1.82, 2.24) is 4.98 Å². The molecular weight excluding hydrogens is 387 g/mol. The third-order valence-corrected chi connectivity index (χ3v) is 4.69. The number of ether oxygens (including phenoxy) is 2. The molecule has 7 heteroatoms. The number of amides is 1. The van der Waals surface area contributed by atoms with Gasteiger partial charge in [-0.1, -0.05) is 18.2 Å². The summed E-state index contributed by atoms with van der Waals surface area (Å²) in [5.41, 5.74) is 2.67. The molecule has 0 fully saturated rings. The topological polar surface area (TPSA) is 77.5 Å². The zero-order chi connectivity index (χ0) is 20.9. The highest BCUT2D eigenvalue weighted by atomic mass is 19.1. The molecule has 152 valence electrons. The lowest BCUT2D eigenvalue weighted by atomic mass is 10.0. The van der Waals surface area contributed by atoms with Crippen molar-refractivity contribution in [2.24, 2.45) is 0 Å². The van der Waals surface area contributed by atoms with Crippen molar-refractivity contribution in [2.75, 3.05) is 11.9 Å². The molecule has 0 aliphatic carbocycles. The van der Waals surface area contributed by atoms with Crippen molar-refractivity contribution in [3.8, 4) is 5.75 Å². The van der Waals surface area contributed by atoms with Crippen LogP contribution in [0.5, 0.6) is 5.75 Å². The first kappa shape index (κ1) is 19.6. The van der Waals surface area contributed by atoms with Crippen LogP contribution in [0.15, 0.2) is 66.9 Å². The molecule has 0 bridgehead atoms. The van der Waals surface area contributed by atoms with Crippen LogP contribution >= 0.6 is 0 Å². The number of nitrogens with one attached hydrogen (secondary N) is 1. The van der Waals surface area contributed by atoms with E-state index in [9.17, 15) is 14.0 Å². The first-order valence-corrected chi connectivity index (χ1v) is 9.50. The number of aryl methyl sites for hydroxylation is 1. The van der Waals surface area contributed by atoms with Gasteiger partial charge in [-0.05, 0) is 54.4 Å². The number of hydrogen-bond donors (Lipinski definition) is 1. The fourth-order valence-electron chi connectivity index (χ4n) is 3.26. The largest absolute Gasteiger partial charge is 0.482 e. The summed E-state index contributed by atoms with van der Waals surface area (Å²) in [6, 6.07) is 16.3. The van der Waals surface area contributed by atoms with Gasteiger partial charge in [0.2, 0.25) is 5.91 Å². The second-order valence-corrected chi connectivity index (χ2v) is 6.84. The molecule has 0 radical (unpaired) electrons. The molecule has 0 saturated carbocycles. The van der Waals surface area contributed by atoms with Crippen LogP contribution in [0.1, 0.15) is 29.3 Å². The van der Waals surface area contributed by atoms with E-state index in [2.05, 4.69) is 10.3 Å². The Morgan fingerprint density at radius 2 is 2.00 bits per heavy atom. The number of benzene rings is 2. The van der Waals surface area contributed by atoms with Gasteiger partial charge in [-0.3, -0.25) is 9.78 Å². The monoisotopic (exact) mass is 406 g/mol. The Balaban J connectivity index is 1.45. The van der Waals surface area contributed by atoms with Gasteiger partial charge in [0.25, 0.3) is 0 Å². The number of aromatic nitrogens is 1. The van der Waals surface area contributed by atoms with Gasteiger partial charge in [0, 0.05) is 23.9 Å². The summed E-state index contributed by atoms with van der Waals surface area (Å²) in [5.74, 6) is -0.553. The lowest BCUT2D eigenvalue weighted by Gasteiger charge is -2.19. The zero-order valence-electron chi connectivity index (χ0n) is 16.0. The first-order valence-electron chi connectivity index (χ1n) is 9.50. The number of hydrogen-bond acceptors (Lipinski definition) is 5. The van der Waals surface area contributed by atoms with E-state index >= 15 is 0 Å². The fraction of sp³-hybridized carbons (Fsp3) is 0.174. The Morgan fingerprint density at radius 1 is 1.10 bits per heavy atom. The van der Waals surface area contributed by atoms with Gasteiger partial charge < -0.3 is 14.8 Å². The molecule has 30 heavy (non-hydrogen) atoms. The number of carbonyl (C=O) groups excluding carboxylic acids is 2. The maximum Gasteiger partial charge on any atom is 0.345 e. The summed E-state index contributed by atoms with van der Waals surface area (Å²) >= 11 is 0. The third-order valence-electron chi connectivity index (χ3n) is 4.69. The van der Waals surface area contributed by atoms with E-state index in [1.807, 2.05) is 0 Å². The second kappa shape index (κ2) is 8.73. The van der Waals surface area contributed by atoms with Gasteiger partial charge in [-0.25, -0.2) is 9.18 Å². The Hall–Kier alpha value is -3.74. The molecule has 2 aromatic carbocycles. The number of anilines is 1. The molecule has 3 aromatic rings. The highest BCUT2D eigenvalue weighted by molar-refractivity contribution is 5.94. The molecule has 1 aliphatic rings. The molecule has 0 saturated heterocycles. The van der Waals surface area contributed by atoms with Gasteiger partial charge >= 0.3 is 5.97 Å². The average Bonchev–Trinajstić information content (AvgIpc) is 2.76. The smallest absolute Gasteiger partial charge is 0.345 e. The molecule has 2 heterocycles. The number of nitrogens with zero attached hydrogens (tertiary/aromatic N) is 1. The summed E-state index contributed by atoms with van der Waals surface area (Å²) in [5, 5.41) is 2.80. The van der Waals surface area contributed by atoms with E-state index in [-0.39, 0.29) is 12.5 Å². The quantitative estimate of drug-likeness (QED) is 0.630. The summed E-state index contributed by atoms with van der Waals surface area (Å²) in [4.78, 5) is 28.2. The van der Waals surface area contributed by atoms with Crippen molar-refractivity contribution >= 4 is 17.6 Å². The highest BCUT2D eigenvalue weighted by Gasteiger charge is 2.21. The number of esters is 1. The van der Waals surface area contributed by atoms with E-state index < -0.39 is 17.9 Å². The minimum absolute atomic E-state index is 0.0161. The molecule has 1 aromatic heterocycles. The SMILES string of the molecule is O=C1CCc2cc(OCC(=O)OC(c3cccc(F)c3)c3ccccn3)ccc2N1. The van der Waals surface area contributed by atoms with Gasteiger partial charge in [0.05, 0.1) is 5.69 Å². The maximum absolute atomic E-state index is 13.7. The standard InChI is InChI=1S/C23H19FN2O4/c24-17-5-3-4-16(12-17)23(20-6-1-2-11-25-20)30-22(28)14-29-18-8-9-19-15(13-18)7-10-21(27)26-19/h1-6,8-9,11-13,23H,7,10,14H2,(H,26,27). The predicted molar refractivity (Wildman–Crippen MR) is 107 cm³/mol. The van der Waals surface area contributed by atoms with Crippen molar-refractivity contribution in [2.45, 2.75) is 18.9 Å². The predicted octanol–water partition coefficient (Wildman–Crippen LogP) is 3.82. The fourth-order valence-corrected chi connectivity index (χ4v) is 3.26. The van der Waals surface area contributed by atoms with E-state index in [0.29, 0.717) is 29.8 Å². The zero-order valence-corrected chi connectivity index (χ0v) is 16.0. The normalized spacial score (nSPS) is 13.7. The van der Waals surface area contributed by atoms with Gasteiger partial charge in [-0.15, -0.1) is 0 Å². The van der Waals surface area contributed by atoms with Crippen LogP contribution in [0.3, 0.4) is 0 Å². The van der Waals surface area contributed by atoms with E-state index in [0.717, 1.165) is 11.3 Å². The van der Waals surface area contributed by atoms with Crippen LogP contribution in [0, 0.1) is 5.82 Å². The lowest BCUT2D eigenvalue weighted by molar-refractivity contribution is -0.150. The van der Waals surface area contributed by atoms with Crippen molar-refractivity contribution in [3.63, 3.8) is 0 Å². The first-order chi connectivity index (χ1) is 14.6. The molecule has 4 rings (SSSR count). The summed E-state index contributed by atoms with van der Waals surface area (Å²) in [7, 11) is 0. The molecule has 0 spiro atoms. The molecule has 1 unspecified atom stereocenters. The molecule has 6 nitrogen and oxygen atoms in total. The average molecular weight is 406 g/mol. The third kappa shape index (κ3) is 4.63. The van der Waals surface area contributed by atoms with Gasteiger partial charge in [0.1, 0.15) is 11.6 Å². The number of halogens is 1. The molecule has 1 amide bonds. The maximum atomic E-state index is 13.7. The van der Waals surface area contributed by atoms with Crippen LogP contribution in [-0.4, -0.2) is 23.5 Å². The van der Waals surface area contributed by atoms with Crippen LogP contribution in [-0.2, 0) is 20.7 Å². The van der Waals surface area contributed by atoms with E-state index in [1.165, 1.54) is 12.1 Å². The van der Waals surface area contributed by atoms with Crippen LogP contribution in [0.4, 0.5) is 10.1 Å². The van der Waals surface area contributed by atoms with Crippen molar-refractivity contribution in [3.05, 3.63) is 89.5 Å². The Kier molecular flexibility index (Phi) is 5.70. The molecule has 1 N–H and O–H groups in total. The van der Waals surface area contributed by atoms with Gasteiger partial charge in [-0.2, -0.15) is 0 Å². The number of pyridine rings is 1. The molecule has 1 atom stereocenters. The van der Waals surface area contributed by atoms with E-state index in [1.54, 1.807) is 54.7 Å². The number of fused-ring (bicyclic) bond motifs is 1. The van der Waals surface area contributed by atoms with Crippen LogP contribution < -0.4 is 10.1 Å². The Bertz CT molecular complexity index is 1070. The summed E-state index contributed by atoms with van der Waals surface area (Å²) in [6.07, 6.45) is 1.76.